The highest BCUT2D eigenvalue weighted by molar-refractivity contribution is 6.05. The van der Waals surface area contributed by atoms with Crippen LogP contribution >= 0.6 is 0 Å². The van der Waals surface area contributed by atoms with Crippen molar-refractivity contribution in [1.82, 2.24) is 10.3 Å². The van der Waals surface area contributed by atoms with E-state index in [-0.39, 0.29) is 0 Å². The van der Waals surface area contributed by atoms with Crippen molar-refractivity contribution in [3.8, 4) is 0 Å². The van der Waals surface area contributed by atoms with Crippen LogP contribution in [0.4, 0.5) is 13.2 Å². The fraction of sp³-hybridized carbons (Fsp3) is 0.421. The predicted molar refractivity (Wildman–Crippen MR) is 92.3 cm³/mol. The molecule has 27 heavy (non-hydrogen) atoms. The smallest absolute Gasteiger partial charge is 0.405 e. The molecule has 2 aromatic rings. The molecule has 0 bridgehead atoms. The lowest BCUT2D eigenvalue weighted by molar-refractivity contribution is -0.140. The summed E-state index contributed by atoms with van der Waals surface area (Å²) in [6, 6.07) is 7.13. The second-order valence-corrected chi connectivity index (χ2v) is 6.75. The molecule has 0 unspecified atom stereocenters. The molecule has 1 atom stereocenters. The number of rotatable bonds is 4. The Morgan fingerprint density at radius 2 is 2.04 bits per heavy atom. The van der Waals surface area contributed by atoms with E-state index >= 15 is 0 Å². The Morgan fingerprint density at radius 3 is 2.78 bits per heavy atom. The molecule has 1 amide bonds. The minimum Gasteiger partial charge on any atom is -0.452 e. The number of amides is 1. The Kier molecular flexibility index (Phi) is 5.34. The molecule has 0 saturated heterocycles. The van der Waals surface area contributed by atoms with Crippen LogP contribution in [0.2, 0.25) is 0 Å². The standard InChI is InChI=1S/C19H19F3N2O3/c1-11-6-7-15-13(8-11)17(12-4-2-3-5-14(12)24-15)18(26)27-9-16(25)23-10-19(20,21)22/h2-5,11H,6-10H2,1H3,(H,23,25)/t11-/m1/s1. The molecule has 1 aromatic heterocycles. The Balaban J connectivity index is 1.83. The molecule has 0 aliphatic heterocycles. The number of benzene rings is 1. The van der Waals surface area contributed by atoms with E-state index in [9.17, 15) is 22.8 Å². The first-order valence-corrected chi connectivity index (χ1v) is 8.65. The zero-order valence-corrected chi connectivity index (χ0v) is 14.7. The molecule has 144 valence electrons. The third-order valence-electron chi connectivity index (χ3n) is 4.53. The number of carbonyl (C=O) groups is 2. The van der Waals surface area contributed by atoms with Gasteiger partial charge in [-0.15, -0.1) is 0 Å². The van der Waals surface area contributed by atoms with Crippen molar-refractivity contribution in [1.29, 1.82) is 0 Å². The van der Waals surface area contributed by atoms with Crippen LogP contribution in [-0.4, -0.2) is 36.2 Å². The van der Waals surface area contributed by atoms with Crippen LogP contribution in [0, 0.1) is 5.92 Å². The molecule has 1 aliphatic rings. The number of hydrogen-bond acceptors (Lipinski definition) is 4. The van der Waals surface area contributed by atoms with Crippen LogP contribution in [0.25, 0.3) is 10.9 Å². The maximum absolute atomic E-state index is 12.7. The molecule has 3 rings (SSSR count). The Labute approximate surface area is 153 Å². The van der Waals surface area contributed by atoms with E-state index in [1.165, 1.54) is 0 Å². The lowest BCUT2D eigenvalue weighted by Crippen LogP contribution is -2.36. The summed E-state index contributed by atoms with van der Waals surface area (Å²) in [5.74, 6) is -1.34. The van der Waals surface area contributed by atoms with Crippen molar-refractivity contribution in [3.63, 3.8) is 0 Å². The number of alkyl halides is 3. The highest BCUT2D eigenvalue weighted by atomic mass is 19.4. The van der Waals surface area contributed by atoms with Crippen molar-refractivity contribution < 1.29 is 27.5 Å². The highest BCUT2D eigenvalue weighted by Gasteiger charge is 2.29. The number of ether oxygens (including phenoxy) is 1. The Hall–Kier alpha value is -2.64. The highest BCUT2D eigenvalue weighted by Crippen LogP contribution is 2.31. The van der Waals surface area contributed by atoms with Gasteiger partial charge in [0.25, 0.3) is 5.91 Å². The lowest BCUT2D eigenvalue weighted by atomic mass is 9.84. The number of aryl methyl sites for hydroxylation is 1. The Bertz CT molecular complexity index is 880. The van der Waals surface area contributed by atoms with Crippen LogP contribution in [0.5, 0.6) is 0 Å². The average molecular weight is 380 g/mol. The summed E-state index contributed by atoms with van der Waals surface area (Å²) in [7, 11) is 0. The molecule has 0 radical (unpaired) electrons. The molecule has 0 saturated carbocycles. The van der Waals surface area contributed by atoms with Crippen molar-refractivity contribution in [2.24, 2.45) is 5.92 Å². The predicted octanol–water partition coefficient (Wildman–Crippen LogP) is 3.19. The Morgan fingerprint density at radius 1 is 1.30 bits per heavy atom. The van der Waals surface area contributed by atoms with Gasteiger partial charge >= 0.3 is 12.1 Å². The van der Waals surface area contributed by atoms with Gasteiger partial charge in [0.2, 0.25) is 0 Å². The quantitative estimate of drug-likeness (QED) is 0.828. The van der Waals surface area contributed by atoms with Gasteiger partial charge in [-0.3, -0.25) is 9.78 Å². The third-order valence-corrected chi connectivity index (χ3v) is 4.53. The maximum Gasteiger partial charge on any atom is 0.405 e. The van der Waals surface area contributed by atoms with Crippen molar-refractivity contribution in [2.45, 2.75) is 32.4 Å². The SMILES string of the molecule is C[C@@H]1CCc2nc3ccccc3c(C(=O)OCC(=O)NCC(F)(F)F)c2C1. The van der Waals surface area contributed by atoms with Crippen molar-refractivity contribution >= 4 is 22.8 Å². The second kappa shape index (κ2) is 7.54. The molecule has 0 fully saturated rings. The van der Waals surface area contributed by atoms with E-state index in [1.54, 1.807) is 23.5 Å². The van der Waals surface area contributed by atoms with Gasteiger partial charge in [-0.05, 0) is 36.8 Å². The first-order valence-electron chi connectivity index (χ1n) is 8.65. The molecule has 1 N–H and O–H groups in total. The molecule has 5 nitrogen and oxygen atoms in total. The molecule has 1 heterocycles. The van der Waals surface area contributed by atoms with E-state index in [2.05, 4.69) is 11.9 Å². The minimum atomic E-state index is -4.52. The van der Waals surface area contributed by atoms with Crippen LogP contribution < -0.4 is 5.32 Å². The first kappa shape index (κ1) is 19.1. The van der Waals surface area contributed by atoms with Crippen molar-refractivity contribution in [2.75, 3.05) is 13.2 Å². The van der Waals surface area contributed by atoms with E-state index in [0.717, 1.165) is 24.1 Å². The fourth-order valence-electron chi connectivity index (χ4n) is 3.25. The van der Waals surface area contributed by atoms with Crippen LogP contribution in [-0.2, 0) is 22.4 Å². The number of fused-ring (bicyclic) bond motifs is 2. The summed E-state index contributed by atoms with van der Waals surface area (Å²) >= 11 is 0. The molecule has 1 aromatic carbocycles. The molecule has 0 spiro atoms. The van der Waals surface area contributed by atoms with E-state index in [0.29, 0.717) is 28.8 Å². The van der Waals surface area contributed by atoms with Gasteiger partial charge in [0.1, 0.15) is 6.54 Å². The molecule has 8 heteroatoms. The summed E-state index contributed by atoms with van der Waals surface area (Å²) in [5.41, 5.74) is 2.64. The van der Waals surface area contributed by atoms with Gasteiger partial charge in [0, 0.05) is 11.1 Å². The van der Waals surface area contributed by atoms with E-state index in [4.69, 9.17) is 4.74 Å². The number of carbonyl (C=O) groups excluding carboxylic acids is 2. The summed E-state index contributed by atoms with van der Waals surface area (Å²) in [6.45, 7) is -0.151. The molecular weight excluding hydrogens is 361 g/mol. The normalized spacial score (nSPS) is 16.7. The van der Waals surface area contributed by atoms with E-state index < -0.39 is 31.2 Å². The summed E-state index contributed by atoms with van der Waals surface area (Å²) in [6.07, 6.45) is -2.14. The van der Waals surface area contributed by atoms with Crippen LogP contribution in [0.15, 0.2) is 24.3 Å². The third kappa shape index (κ3) is 4.56. The van der Waals surface area contributed by atoms with Crippen molar-refractivity contribution in [3.05, 3.63) is 41.1 Å². The minimum absolute atomic E-state index is 0.353. The van der Waals surface area contributed by atoms with E-state index in [1.807, 2.05) is 6.07 Å². The summed E-state index contributed by atoms with van der Waals surface area (Å²) in [4.78, 5) is 28.9. The fourth-order valence-corrected chi connectivity index (χ4v) is 3.25. The molecule has 1 aliphatic carbocycles. The zero-order valence-electron chi connectivity index (χ0n) is 14.7. The zero-order chi connectivity index (χ0) is 19.6. The van der Waals surface area contributed by atoms with Gasteiger partial charge in [0.15, 0.2) is 6.61 Å². The lowest BCUT2D eigenvalue weighted by Gasteiger charge is -2.24. The first-order chi connectivity index (χ1) is 12.7. The van der Waals surface area contributed by atoms with Gasteiger partial charge in [0.05, 0.1) is 11.1 Å². The van der Waals surface area contributed by atoms with Gasteiger partial charge in [-0.25, -0.2) is 4.79 Å². The topological polar surface area (TPSA) is 68.3 Å². The number of nitrogens with one attached hydrogen (secondary N) is 1. The van der Waals surface area contributed by atoms with Gasteiger partial charge in [-0.2, -0.15) is 13.2 Å². The van der Waals surface area contributed by atoms with Crippen LogP contribution in [0.3, 0.4) is 0 Å². The number of halogens is 3. The maximum atomic E-state index is 12.7. The summed E-state index contributed by atoms with van der Waals surface area (Å²) < 4.78 is 41.5. The summed E-state index contributed by atoms with van der Waals surface area (Å²) in [5, 5.41) is 2.30. The number of aromatic nitrogens is 1. The average Bonchev–Trinajstić information content (AvgIpc) is 2.62. The second-order valence-electron chi connectivity index (χ2n) is 6.75. The number of nitrogens with zero attached hydrogens (tertiary/aromatic N) is 1. The number of hydrogen-bond donors (Lipinski definition) is 1. The number of para-hydroxylation sites is 1. The van der Waals surface area contributed by atoms with Gasteiger partial charge < -0.3 is 10.1 Å². The largest absolute Gasteiger partial charge is 0.452 e. The number of pyridine rings is 1. The van der Waals surface area contributed by atoms with Gasteiger partial charge in [-0.1, -0.05) is 25.1 Å². The van der Waals surface area contributed by atoms with Crippen LogP contribution in [0.1, 0.15) is 35.0 Å². The monoisotopic (exact) mass is 380 g/mol. The molecular formula is C19H19F3N2O3. The number of esters is 1.